The number of Topliss-reactive ketones (excluding diaryl/α,β-unsaturated/α-hetero) is 1. The molecular formula is C7H13NO3. The van der Waals surface area contributed by atoms with E-state index in [1.807, 2.05) is 0 Å². The van der Waals surface area contributed by atoms with E-state index in [1.54, 1.807) is 6.92 Å². The lowest BCUT2D eigenvalue weighted by Gasteiger charge is -2.08. The summed E-state index contributed by atoms with van der Waals surface area (Å²) < 4.78 is 0. The van der Waals surface area contributed by atoms with E-state index in [2.05, 4.69) is 5.32 Å². The van der Waals surface area contributed by atoms with Gasteiger partial charge >= 0.3 is 0 Å². The van der Waals surface area contributed by atoms with Gasteiger partial charge in [0.2, 0.25) is 5.91 Å². The second-order valence-electron chi connectivity index (χ2n) is 2.53. The Balaban J connectivity index is 3.60. The van der Waals surface area contributed by atoms with Gasteiger partial charge in [-0.1, -0.05) is 0 Å². The highest BCUT2D eigenvalue weighted by Crippen LogP contribution is 1.84. The van der Waals surface area contributed by atoms with Crippen LogP contribution in [-0.2, 0) is 9.59 Å². The molecule has 0 aliphatic rings. The normalized spacial score (nSPS) is 12.3. The Morgan fingerprint density at radius 1 is 1.55 bits per heavy atom. The third-order valence-electron chi connectivity index (χ3n) is 1.09. The molecule has 0 bridgehead atoms. The lowest BCUT2D eigenvalue weighted by molar-refractivity contribution is -0.127. The fourth-order valence-corrected chi connectivity index (χ4v) is 0.598. The standard InChI is InChI=1S/C7H13NO3/c1-5(4-9)8-7(11)3-6(2)10/h5,9H,3-4H2,1-2H3,(H,8,11)/t5-/m0/s1. The number of aliphatic hydroxyl groups is 1. The minimum atomic E-state index is -0.334. The molecule has 1 atom stereocenters. The lowest BCUT2D eigenvalue weighted by atomic mass is 10.3. The Morgan fingerprint density at radius 2 is 2.09 bits per heavy atom. The maximum Gasteiger partial charge on any atom is 0.227 e. The minimum Gasteiger partial charge on any atom is -0.394 e. The van der Waals surface area contributed by atoms with E-state index in [1.165, 1.54) is 6.92 Å². The Hall–Kier alpha value is -0.900. The van der Waals surface area contributed by atoms with Crippen LogP contribution in [0.4, 0.5) is 0 Å². The van der Waals surface area contributed by atoms with Crippen molar-refractivity contribution in [1.82, 2.24) is 5.32 Å². The largest absolute Gasteiger partial charge is 0.394 e. The van der Waals surface area contributed by atoms with Crippen molar-refractivity contribution in [3.8, 4) is 0 Å². The first-order valence-corrected chi connectivity index (χ1v) is 3.46. The molecule has 0 aromatic carbocycles. The van der Waals surface area contributed by atoms with Crippen molar-refractivity contribution in [2.75, 3.05) is 6.61 Å². The van der Waals surface area contributed by atoms with E-state index in [-0.39, 0.29) is 30.8 Å². The maximum atomic E-state index is 10.8. The van der Waals surface area contributed by atoms with E-state index >= 15 is 0 Å². The number of hydrogen-bond donors (Lipinski definition) is 2. The average Bonchev–Trinajstić information content (AvgIpc) is 1.85. The van der Waals surface area contributed by atoms with Gasteiger partial charge in [0.1, 0.15) is 5.78 Å². The number of aliphatic hydroxyl groups excluding tert-OH is 1. The summed E-state index contributed by atoms with van der Waals surface area (Å²) in [5.41, 5.74) is 0. The van der Waals surface area contributed by atoms with Crippen LogP contribution in [0.15, 0.2) is 0 Å². The lowest BCUT2D eigenvalue weighted by Crippen LogP contribution is -2.35. The monoisotopic (exact) mass is 159 g/mol. The highest BCUT2D eigenvalue weighted by molar-refractivity contribution is 5.96. The van der Waals surface area contributed by atoms with Gasteiger partial charge in [-0.05, 0) is 13.8 Å². The molecule has 0 radical (unpaired) electrons. The molecule has 0 aromatic rings. The average molecular weight is 159 g/mol. The van der Waals surface area contributed by atoms with Gasteiger partial charge in [-0.3, -0.25) is 9.59 Å². The first-order chi connectivity index (χ1) is 5.06. The van der Waals surface area contributed by atoms with E-state index in [9.17, 15) is 9.59 Å². The molecule has 2 N–H and O–H groups in total. The van der Waals surface area contributed by atoms with Crippen LogP contribution >= 0.6 is 0 Å². The number of hydrogen-bond acceptors (Lipinski definition) is 3. The van der Waals surface area contributed by atoms with E-state index in [0.29, 0.717) is 0 Å². The molecule has 4 heteroatoms. The summed E-state index contributed by atoms with van der Waals surface area (Å²) in [6.07, 6.45) is -0.107. The fourth-order valence-electron chi connectivity index (χ4n) is 0.598. The molecule has 1 amide bonds. The molecule has 0 aliphatic carbocycles. The van der Waals surface area contributed by atoms with Crippen LogP contribution in [0.5, 0.6) is 0 Å². The van der Waals surface area contributed by atoms with Crippen molar-refractivity contribution in [3.05, 3.63) is 0 Å². The van der Waals surface area contributed by atoms with Gasteiger partial charge in [0.25, 0.3) is 0 Å². The van der Waals surface area contributed by atoms with E-state index in [0.717, 1.165) is 0 Å². The van der Waals surface area contributed by atoms with Crippen molar-refractivity contribution >= 4 is 11.7 Å². The zero-order valence-corrected chi connectivity index (χ0v) is 6.76. The van der Waals surface area contributed by atoms with Crippen LogP contribution in [0.1, 0.15) is 20.3 Å². The third-order valence-corrected chi connectivity index (χ3v) is 1.09. The summed E-state index contributed by atoms with van der Waals surface area (Å²) in [5, 5.41) is 11.0. The molecule has 0 spiro atoms. The molecule has 0 aliphatic heterocycles. The number of nitrogens with one attached hydrogen (secondary N) is 1. The van der Waals surface area contributed by atoms with Gasteiger partial charge in [0.05, 0.1) is 13.0 Å². The maximum absolute atomic E-state index is 10.8. The smallest absolute Gasteiger partial charge is 0.227 e. The van der Waals surface area contributed by atoms with E-state index < -0.39 is 0 Å². The number of amides is 1. The molecule has 0 fully saturated rings. The van der Waals surface area contributed by atoms with Crippen molar-refractivity contribution in [3.63, 3.8) is 0 Å². The molecule has 0 rings (SSSR count). The van der Waals surface area contributed by atoms with Crippen molar-refractivity contribution in [2.45, 2.75) is 26.3 Å². The molecule has 0 aromatic heterocycles. The van der Waals surface area contributed by atoms with Crippen LogP contribution in [0.3, 0.4) is 0 Å². The number of rotatable bonds is 4. The summed E-state index contributed by atoms with van der Waals surface area (Å²) >= 11 is 0. The SMILES string of the molecule is CC(=O)CC(=O)N[C@@H](C)CO. The van der Waals surface area contributed by atoms with Crippen LogP contribution in [0, 0.1) is 0 Å². The van der Waals surface area contributed by atoms with Gasteiger partial charge in [0.15, 0.2) is 0 Å². The zero-order valence-electron chi connectivity index (χ0n) is 6.76. The molecule has 0 unspecified atom stereocenters. The summed E-state index contributed by atoms with van der Waals surface area (Å²) in [6.45, 7) is 2.91. The fraction of sp³-hybridized carbons (Fsp3) is 0.714. The Kier molecular flexibility index (Phi) is 4.45. The van der Waals surface area contributed by atoms with Crippen LogP contribution in [-0.4, -0.2) is 29.4 Å². The van der Waals surface area contributed by atoms with Gasteiger partial charge in [0, 0.05) is 6.04 Å². The highest BCUT2D eigenvalue weighted by atomic mass is 16.3. The number of ketones is 1. The van der Waals surface area contributed by atoms with Crippen molar-refractivity contribution < 1.29 is 14.7 Å². The van der Waals surface area contributed by atoms with Crippen molar-refractivity contribution in [1.29, 1.82) is 0 Å². The minimum absolute atomic E-state index is 0.107. The van der Waals surface area contributed by atoms with Crippen molar-refractivity contribution in [2.24, 2.45) is 0 Å². The molecule has 4 nitrogen and oxygen atoms in total. The van der Waals surface area contributed by atoms with E-state index in [4.69, 9.17) is 5.11 Å². The Morgan fingerprint density at radius 3 is 2.45 bits per heavy atom. The summed E-state index contributed by atoms with van der Waals surface area (Å²) in [6, 6.07) is -0.276. The van der Waals surface area contributed by atoms with Gasteiger partial charge in [-0.2, -0.15) is 0 Å². The topological polar surface area (TPSA) is 66.4 Å². The summed E-state index contributed by atoms with van der Waals surface area (Å²) in [7, 11) is 0. The molecular weight excluding hydrogens is 146 g/mol. The molecule has 0 saturated heterocycles. The van der Waals surface area contributed by atoms with Crippen LogP contribution < -0.4 is 5.32 Å². The van der Waals surface area contributed by atoms with Crippen LogP contribution in [0.25, 0.3) is 0 Å². The quantitative estimate of drug-likeness (QED) is 0.541. The number of carbonyl (C=O) groups excluding carboxylic acids is 2. The summed E-state index contributed by atoms with van der Waals surface area (Å²) in [5.74, 6) is -0.508. The van der Waals surface area contributed by atoms with Gasteiger partial charge < -0.3 is 10.4 Å². The predicted molar refractivity (Wildman–Crippen MR) is 40.0 cm³/mol. The zero-order chi connectivity index (χ0) is 8.85. The van der Waals surface area contributed by atoms with Gasteiger partial charge in [-0.15, -0.1) is 0 Å². The Bertz CT molecular complexity index is 156. The summed E-state index contributed by atoms with van der Waals surface area (Å²) in [4.78, 5) is 21.2. The molecule has 64 valence electrons. The first kappa shape index (κ1) is 10.1. The van der Waals surface area contributed by atoms with Crippen LogP contribution in [0.2, 0.25) is 0 Å². The molecule has 0 heterocycles. The first-order valence-electron chi connectivity index (χ1n) is 3.46. The highest BCUT2D eigenvalue weighted by Gasteiger charge is 2.07. The second-order valence-corrected chi connectivity index (χ2v) is 2.53. The van der Waals surface area contributed by atoms with Gasteiger partial charge in [-0.25, -0.2) is 0 Å². The number of carbonyl (C=O) groups is 2. The molecule has 0 saturated carbocycles. The third kappa shape index (κ3) is 5.54. The Labute approximate surface area is 65.6 Å². The predicted octanol–water partition coefficient (Wildman–Crippen LogP) is -0.537. The molecule has 11 heavy (non-hydrogen) atoms. The second kappa shape index (κ2) is 4.85.